The standard InChI is InChI=1S/C13H17NO4/c1-3-14(9-13(16)17-2)12(15)10-18-11-7-5-4-6-8-11/h4-8H,3,9-10H2,1-2H3. The number of hydrogen-bond acceptors (Lipinski definition) is 4. The second kappa shape index (κ2) is 7.32. The molecular formula is C13H17NO4. The molecule has 0 aliphatic heterocycles. The summed E-state index contributed by atoms with van der Waals surface area (Å²) in [4.78, 5) is 24.3. The number of rotatable bonds is 6. The zero-order valence-electron chi connectivity index (χ0n) is 10.6. The third kappa shape index (κ3) is 4.45. The number of likely N-dealkylation sites (N-methyl/N-ethyl adjacent to an activating group) is 1. The lowest BCUT2D eigenvalue weighted by Crippen LogP contribution is -2.38. The summed E-state index contributed by atoms with van der Waals surface area (Å²) < 4.78 is 9.84. The number of ether oxygens (including phenoxy) is 2. The quantitative estimate of drug-likeness (QED) is 0.710. The summed E-state index contributed by atoms with van der Waals surface area (Å²) >= 11 is 0. The van der Waals surface area contributed by atoms with Crippen molar-refractivity contribution in [1.82, 2.24) is 4.90 Å². The van der Waals surface area contributed by atoms with Crippen LogP contribution in [0.15, 0.2) is 30.3 Å². The van der Waals surface area contributed by atoms with Crippen LogP contribution < -0.4 is 4.74 Å². The smallest absolute Gasteiger partial charge is 0.325 e. The highest BCUT2D eigenvalue weighted by Crippen LogP contribution is 2.08. The van der Waals surface area contributed by atoms with E-state index in [1.807, 2.05) is 18.2 Å². The van der Waals surface area contributed by atoms with Crippen LogP contribution in [0.1, 0.15) is 6.92 Å². The topological polar surface area (TPSA) is 55.8 Å². The van der Waals surface area contributed by atoms with Crippen molar-refractivity contribution >= 4 is 11.9 Å². The van der Waals surface area contributed by atoms with Gasteiger partial charge in [0.15, 0.2) is 6.61 Å². The van der Waals surface area contributed by atoms with Crippen molar-refractivity contribution in [3.8, 4) is 5.75 Å². The van der Waals surface area contributed by atoms with E-state index in [9.17, 15) is 9.59 Å². The fourth-order valence-electron chi connectivity index (χ4n) is 1.35. The SMILES string of the molecule is CCN(CC(=O)OC)C(=O)COc1ccccc1. The van der Waals surface area contributed by atoms with E-state index in [0.717, 1.165) is 0 Å². The molecule has 0 saturated carbocycles. The molecule has 0 radical (unpaired) electrons. The van der Waals surface area contributed by atoms with E-state index >= 15 is 0 Å². The number of amides is 1. The Morgan fingerprint density at radius 3 is 2.44 bits per heavy atom. The fraction of sp³-hybridized carbons (Fsp3) is 0.385. The number of carbonyl (C=O) groups excluding carboxylic acids is 2. The molecule has 1 rings (SSSR count). The van der Waals surface area contributed by atoms with Gasteiger partial charge in [-0.2, -0.15) is 0 Å². The Bertz CT molecular complexity index is 391. The highest BCUT2D eigenvalue weighted by Gasteiger charge is 2.16. The van der Waals surface area contributed by atoms with E-state index in [-0.39, 0.29) is 19.1 Å². The second-order valence-electron chi connectivity index (χ2n) is 3.59. The van der Waals surface area contributed by atoms with Gasteiger partial charge < -0.3 is 14.4 Å². The van der Waals surface area contributed by atoms with E-state index < -0.39 is 5.97 Å². The van der Waals surface area contributed by atoms with Crippen LogP contribution in [0.3, 0.4) is 0 Å². The summed E-state index contributed by atoms with van der Waals surface area (Å²) in [6.45, 7) is 2.09. The molecule has 0 saturated heterocycles. The van der Waals surface area contributed by atoms with E-state index in [1.165, 1.54) is 12.0 Å². The first kappa shape index (κ1) is 14.0. The maximum atomic E-state index is 11.8. The zero-order chi connectivity index (χ0) is 13.4. The molecule has 1 aromatic carbocycles. The Hall–Kier alpha value is -2.04. The summed E-state index contributed by atoms with van der Waals surface area (Å²) in [5, 5.41) is 0. The molecule has 0 aromatic heterocycles. The van der Waals surface area contributed by atoms with Gasteiger partial charge >= 0.3 is 5.97 Å². The Kier molecular flexibility index (Phi) is 5.70. The molecule has 98 valence electrons. The third-order valence-electron chi connectivity index (χ3n) is 2.39. The Balaban J connectivity index is 2.45. The van der Waals surface area contributed by atoms with Gasteiger partial charge in [-0.3, -0.25) is 9.59 Å². The first-order valence-electron chi connectivity index (χ1n) is 5.69. The molecule has 5 nitrogen and oxygen atoms in total. The number of carbonyl (C=O) groups is 2. The van der Waals surface area contributed by atoms with Crippen molar-refractivity contribution in [3.63, 3.8) is 0 Å². The molecule has 0 aliphatic carbocycles. The van der Waals surface area contributed by atoms with Gasteiger partial charge in [-0.25, -0.2) is 0 Å². The molecule has 18 heavy (non-hydrogen) atoms. The van der Waals surface area contributed by atoms with Gasteiger partial charge in [0.05, 0.1) is 7.11 Å². The monoisotopic (exact) mass is 251 g/mol. The number of benzene rings is 1. The molecular weight excluding hydrogens is 234 g/mol. The summed E-state index contributed by atoms with van der Waals surface area (Å²) in [6.07, 6.45) is 0. The van der Waals surface area contributed by atoms with E-state index in [0.29, 0.717) is 12.3 Å². The van der Waals surface area contributed by atoms with Crippen LogP contribution in [0.25, 0.3) is 0 Å². The second-order valence-corrected chi connectivity index (χ2v) is 3.59. The van der Waals surface area contributed by atoms with Crippen molar-refractivity contribution in [2.45, 2.75) is 6.92 Å². The normalized spacial score (nSPS) is 9.67. The number of hydrogen-bond donors (Lipinski definition) is 0. The highest BCUT2D eigenvalue weighted by molar-refractivity contribution is 5.82. The van der Waals surface area contributed by atoms with Crippen molar-refractivity contribution in [2.24, 2.45) is 0 Å². The van der Waals surface area contributed by atoms with Gasteiger partial charge in [0.25, 0.3) is 5.91 Å². The molecule has 0 unspecified atom stereocenters. The third-order valence-corrected chi connectivity index (χ3v) is 2.39. The fourth-order valence-corrected chi connectivity index (χ4v) is 1.35. The molecule has 0 N–H and O–H groups in total. The van der Waals surface area contributed by atoms with E-state index in [1.54, 1.807) is 19.1 Å². The minimum Gasteiger partial charge on any atom is -0.484 e. The van der Waals surface area contributed by atoms with Crippen LogP contribution >= 0.6 is 0 Å². The van der Waals surface area contributed by atoms with Crippen molar-refractivity contribution in [3.05, 3.63) is 30.3 Å². The predicted molar refractivity (Wildman–Crippen MR) is 66.2 cm³/mol. The molecule has 0 heterocycles. The summed E-state index contributed by atoms with van der Waals surface area (Å²) in [5.74, 6) is -0.0587. The number of methoxy groups -OCH3 is 1. The van der Waals surface area contributed by atoms with Crippen LogP contribution in [0.2, 0.25) is 0 Å². The van der Waals surface area contributed by atoms with Gasteiger partial charge in [-0.05, 0) is 19.1 Å². The predicted octanol–water partition coefficient (Wildman–Crippen LogP) is 1.09. The Morgan fingerprint density at radius 1 is 1.22 bits per heavy atom. The number of nitrogens with zero attached hydrogens (tertiary/aromatic N) is 1. The van der Waals surface area contributed by atoms with Crippen molar-refractivity contribution < 1.29 is 19.1 Å². The minimum absolute atomic E-state index is 0.0516. The summed E-state index contributed by atoms with van der Waals surface area (Å²) in [5.41, 5.74) is 0. The first-order chi connectivity index (χ1) is 8.67. The Labute approximate surface area is 106 Å². The molecule has 1 aromatic rings. The molecule has 0 fully saturated rings. The maximum Gasteiger partial charge on any atom is 0.325 e. The molecule has 1 amide bonds. The average Bonchev–Trinajstić information content (AvgIpc) is 2.42. The van der Waals surface area contributed by atoms with Crippen LogP contribution in [0.4, 0.5) is 0 Å². The number of esters is 1. The van der Waals surface area contributed by atoms with Gasteiger partial charge in [0, 0.05) is 6.54 Å². The number of para-hydroxylation sites is 1. The molecule has 0 atom stereocenters. The lowest BCUT2D eigenvalue weighted by Gasteiger charge is -2.19. The van der Waals surface area contributed by atoms with Crippen LogP contribution in [0.5, 0.6) is 5.75 Å². The van der Waals surface area contributed by atoms with Crippen molar-refractivity contribution in [1.29, 1.82) is 0 Å². The van der Waals surface area contributed by atoms with Gasteiger partial charge in [-0.1, -0.05) is 18.2 Å². The lowest BCUT2D eigenvalue weighted by molar-refractivity contribution is -0.147. The summed E-state index contributed by atoms with van der Waals surface area (Å²) in [7, 11) is 1.29. The zero-order valence-corrected chi connectivity index (χ0v) is 10.6. The maximum absolute atomic E-state index is 11.8. The molecule has 5 heteroatoms. The molecule has 0 bridgehead atoms. The Morgan fingerprint density at radius 2 is 1.89 bits per heavy atom. The minimum atomic E-state index is -0.440. The van der Waals surface area contributed by atoms with Crippen LogP contribution in [-0.2, 0) is 14.3 Å². The van der Waals surface area contributed by atoms with Gasteiger partial charge in [-0.15, -0.1) is 0 Å². The molecule has 0 spiro atoms. The van der Waals surface area contributed by atoms with Crippen molar-refractivity contribution in [2.75, 3.05) is 26.8 Å². The largest absolute Gasteiger partial charge is 0.484 e. The summed E-state index contributed by atoms with van der Waals surface area (Å²) in [6, 6.07) is 9.05. The van der Waals surface area contributed by atoms with E-state index in [2.05, 4.69) is 4.74 Å². The average molecular weight is 251 g/mol. The van der Waals surface area contributed by atoms with Crippen LogP contribution in [0, 0.1) is 0 Å². The molecule has 0 aliphatic rings. The van der Waals surface area contributed by atoms with Gasteiger partial charge in [0.1, 0.15) is 12.3 Å². The lowest BCUT2D eigenvalue weighted by atomic mass is 10.3. The van der Waals surface area contributed by atoms with E-state index in [4.69, 9.17) is 4.74 Å². The van der Waals surface area contributed by atoms with Gasteiger partial charge in [0.2, 0.25) is 0 Å². The van der Waals surface area contributed by atoms with Crippen LogP contribution in [-0.4, -0.2) is 43.6 Å². The highest BCUT2D eigenvalue weighted by atomic mass is 16.5. The first-order valence-corrected chi connectivity index (χ1v) is 5.69.